The zero-order chi connectivity index (χ0) is 19.1. The number of nitrogens with zero attached hydrogens (tertiary/aromatic N) is 3. The minimum absolute atomic E-state index is 0. The minimum atomic E-state index is 0. The van der Waals surface area contributed by atoms with Gasteiger partial charge in [-0.05, 0) is 51.0 Å². The van der Waals surface area contributed by atoms with E-state index >= 15 is 0 Å². The van der Waals surface area contributed by atoms with Crippen LogP contribution in [0.2, 0.25) is 0 Å². The van der Waals surface area contributed by atoms with Gasteiger partial charge in [-0.25, -0.2) is 4.98 Å². The van der Waals surface area contributed by atoms with Gasteiger partial charge in [0.25, 0.3) is 11.5 Å². The summed E-state index contributed by atoms with van der Waals surface area (Å²) >= 11 is 1.39. The Labute approximate surface area is 175 Å². The molecule has 6 nitrogen and oxygen atoms in total. The first-order chi connectivity index (χ1) is 13.0. The number of likely N-dealkylation sites (tertiary alicyclic amines) is 1. The van der Waals surface area contributed by atoms with E-state index in [1.165, 1.54) is 11.3 Å². The molecule has 0 aliphatic carbocycles. The highest BCUT2D eigenvalue weighted by atomic mass is 35.5. The summed E-state index contributed by atoms with van der Waals surface area (Å²) in [7, 11) is 0. The maximum absolute atomic E-state index is 13.1. The van der Waals surface area contributed by atoms with Crippen molar-refractivity contribution in [1.29, 1.82) is 0 Å². The number of hydrogen-bond donors (Lipinski definition) is 1. The molecule has 2 aromatic rings. The van der Waals surface area contributed by atoms with Crippen LogP contribution in [0.5, 0.6) is 0 Å². The van der Waals surface area contributed by atoms with Crippen molar-refractivity contribution in [2.75, 3.05) is 13.1 Å². The van der Waals surface area contributed by atoms with Crippen molar-refractivity contribution in [3.8, 4) is 0 Å². The van der Waals surface area contributed by atoms with Crippen LogP contribution in [0.3, 0.4) is 0 Å². The fourth-order valence-corrected chi connectivity index (χ4v) is 5.54. The Morgan fingerprint density at radius 1 is 1.21 bits per heavy atom. The molecule has 4 rings (SSSR count). The number of amides is 1. The van der Waals surface area contributed by atoms with Gasteiger partial charge in [0.2, 0.25) is 0 Å². The molecule has 1 saturated heterocycles. The molecule has 0 saturated carbocycles. The number of rotatable bonds is 2. The molecule has 2 aliphatic rings. The van der Waals surface area contributed by atoms with Gasteiger partial charge in [-0.3, -0.25) is 14.2 Å². The average molecular weight is 425 g/mol. The van der Waals surface area contributed by atoms with E-state index in [-0.39, 0.29) is 29.9 Å². The van der Waals surface area contributed by atoms with E-state index in [1.54, 1.807) is 0 Å². The quantitative estimate of drug-likeness (QED) is 0.803. The lowest BCUT2D eigenvalue weighted by atomic mass is 9.91. The average Bonchev–Trinajstić information content (AvgIpc) is 2.83. The Balaban J connectivity index is 0.00000225. The van der Waals surface area contributed by atoms with Crippen molar-refractivity contribution in [3.05, 3.63) is 26.6 Å². The summed E-state index contributed by atoms with van der Waals surface area (Å²) in [6, 6.07) is 0.174. The summed E-state index contributed by atoms with van der Waals surface area (Å²) in [6.07, 6.45) is 5.96. The van der Waals surface area contributed by atoms with Gasteiger partial charge < -0.3 is 10.6 Å². The number of aryl methyl sites for hydroxylation is 2. The third kappa shape index (κ3) is 3.72. The van der Waals surface area contributed by atoms with Crippen LogP contribution >= 0.6 is 23.7 Å². The third-order valence-electron chi connectivity index (χ3n) is 6.18. The Kier molecular flexibility index (Phi) is 6.47. The van der Waals surface area contributed by atoms with Crippen molar-refractivity contribution >= 4 is 39.9 Å². The van der Waals surface area contributed by atoms with Crippen molar-refractivity contribution in [3.63, 3.8) is 0 Å². The summed E-state index contributed by atoms with van der Waals surface area (Å²) in [5, 5.41) is 0.638. The predicted octanol–water partition coefficient (Wildman–Crippen LogP) is 3.11. The molecule has 2 aromatic heterocycles. The molecule has 0 bridgehead atoms. The number of thiophene rings is 1. The van der Waals surface area contributed by atoms with Gasteiger partial charge in [0.05, 0.1) is 10.3 Å². The fraction of sp³-hybridized carbons (Fsp3) is 0.650. The summed E-state index contributed by atoms with van der Waals surface area (Å²) in [4.78, 5) is 34.3. The molecule has 28 heavy (non-hydrogen) atoms. The summed E-state index contributed by atoms with van der Waals surface area (Å²) in [5.41, 5.74) is 6.84. The van der Waals surface area contributed by atoms with E-state index in [4.69, 9.17) is 10.7 Å². The second-order valence-corrected chi connectivity index (χ2v) is 9.02. The highest BCUT2D eigenvalue weighted by molar-refractivity contribution is 7.20. The van der Waals surface area contributed by atoms with Gasteiger partial charge in [0.1, 0.15) is 10.7 Å². The molecular formula is C20H29ClN4O2S. The second kappa shape index (κ2) is 8.51. The SMILES string of the molecule is Cc1c(C(=O)N2CCC(C(C)N)CC2)sc2nc3n(c(=O)c12)CCCCC3.Cl. The van der Waals surface area contributed by atoms with Crippen LogP contribution in [-0.4, -0.2) is 39.5 Å². The van der Waals surface area contributed by atoms with Crippen molar-refractivity contribution < 1.29 is 4.79 Å². The number of hydrogen-bond acceptors (Lipinski definition) is 5. The van der Waals surface area contributed by atoms with Gasteiger partial charge in [0.15, 0.2) is 0 Å². The topological polar surface area (TPSA) is 81.2 Å². The molecule has 1 atom stereocenters. The van der Waals surface area contributed by atoms with Crippen LogP contribution in [0.1, 0.15) is 60.1 Å². The van der Waals surface area contributed by atoms with E-state index in [0.29, 0.717) is 16.2 Å². The van der Waals surface area contributed by atoms with Crippen molar-refractivity contribution in [2.45, 2.75) is 65.0 Å². The highest BCUT2D eigenvalue weighted by Crippen LogP contribution is 2.31. The monoisotopic (exact) mass is 424 g/mol. The largest absolute Gasteiger partial charge is 0.338 e. The first kappa shape index (κ1) is 21.3. The maximum Gasteiger partial charge on any atom is 0.264 e. The predicted molar refractivity (Wildman–Crippen MR) is 116 cm³/mol. The van der Waals surface area contributed by atoms with Crippen LogP contribution in [-0.2, 0) is 13.0 Å². The molecule has 0 radical (unpaired) electrons. The molecule has 1 unspecified atom stereocenters. The van der Waals surface area contributed by atoms with Crippen molar-refractivity contribution in [1.82, 2.24) is 14.5 Å². The first-order valence-corrected chi connectivity index (χ1v) is 10.9. The molecule has 1 amide bonds. The summed E-state index contributed by atoms with van der Waals surface area (Å²) in [6.45, 7) is 6.15. The van der Waals surface area contributed by atoms with E-state index in [0.717, 1.165) is 74.4 Å². The van der Waals surface area contributed by atoms with E-state index in [9.17, 15) is 9.59 Å². The van der Waals surface area contributed by atoms with E-state index in [2.05, 4.69) is 0 Å². The van der Waals surface area contributed by atoms with Crippen LogP contribution < -0.4 is 11.3 Å². The second-order valence-electron chi connectivity index (χ2n) is 8.02. The number of halogens is 1. The third-order valence-corrected chi connectivity index (χ3v) is 7.35. The Morgan fingerprint density at radius 2 is 1.93 bits per heavy atom. The number of piperidine rings is 1. The molecule has 2 N–H and O–H groups in total. The van der Waals surface area contributed by atoms with Crippen molar-refractivity contribution in [2.24, 2.45) is 11.7 Å². The van der Waals surface area contributed by atoms with Gasteiger partial charge in [-0.15, -0.1) is 23.7 Å². The van der Waals surface area contributed by atoms with Crippen LogP contribution in [0, 0.1) is 12.8 Å². The molecule has 2 aliphatic heterocycles. The molecule has 4 heterocycles. The Bertz CT molecular complexity index is 928. The van der Waals surface area contributed by atoms with Gasteiger partial charge in [-0.1, -0.05) is 6.42 Å². The minimum Gasteiger partial charge on any atom is -0.338 e. The lowest BCUT2D eigenvalue weighted by Gasteiger charge is -2.33. The summed E-state index contributed by atoms with van der Waals surface area (Å²) in [5.74, 6) is 1.40. The molecule has 8 heteroatoms. The summed E-state index contributed by atoms with van der Waals surface area (Å²) < 4.78 is 1.83. The molecule has 0 spiro atoms. The zero-order valence-electron chi connectivity index (χ0n) is 16.6. The normalized spacial score (nSPS) is 19.0. The molecule has 1 fully saturated rings. The number of aromatic nitrogens is 2. The van der Waals surface area contributed by atoms with E-state index in [1.807, 2.05) is 23.3 Å². The van der Waals surface area contributed by atoms with Gasteiger partial charge >= 0.3 is 0 Å². The van der Waals surface area contributed by atoms with E-state index < -0.39 is 0 Å². The number of fused-ring (bicyclic) bond motifs is 2. The van der Waals surface area contributed by atoms with Crippen LogP contribution in [0.15, 0.2) is 4.79 Å². The molecular weight excluding hydrogens is 396 g/mol. The maximum atomic E-state index is 13.1. The first-order valence-electron chi connectivity index (χ1n) is 10.0. The van der Waals surface area contributed by atoms with Gasteiger partial charge in [0, 0.05) is 32.1 Å². The fourth-order valence-electron chi connectivity index (χ4n) is 4.39. The Hall–Kier alpha value is -1.44. The smallest absolute Gasteiger partial charge is 0.264 e. The number of carbonyl (C=O) groups is 1. The zero-order valence-corrected chi connectivity index (χ0v) is 18.2. The lowest BCUT2D eigenvalue weighted by molar-refractivity contribution is 0.0685. The van der Waals surface area contributed by atoms with Crippen LogP contribution in [0.4, 0.5) is 0 Å². The molecule has 0 aromatic carbocycles. The molecule has 154 valence electrons. The van der Waals surface area contributed by atoms with Gasteiger partial charge in [-0.2, -0.15) is 0 Å². The lowest BCUT2D eigenvalue weighted by Crippen LogP contribution is -2.42. The number of nitrogens with two attached hydrogens (primary N) is 1. The highest BCUT2D eigenvalue weighted by Gasteiger charge is 2.29. The standard InChI is InChI=1S/C20H28N4O2S.ClH/c1-12-16-18(22-15-6-4-3-5-9-24(15)19(16)25)27-17(12)20(26)23-10-7-14(8-11-23)13(2)21;/h13-14H,3-11,21H2,1-2H3;1H. The number of carbonyl (C=O) groups excluding carboxylic acids is 1. The van der Waals surface area contributed by atoms with Crippen LogP contribution in [0.25, 0.3) is 10.2 Å². The Morgan fingerprint density at radius 3 is 2.61 bits per heavy atom.